The summed E-state index contributed by atoms with van der Waals surface area (Å²) in [5.74, 6) is 0. The Labute approximate surface area is 74.2 Å². The maximum Gasteiger partial charge on any atom is 0.284 e. The number of hydrogen-bond donors (Lipinski definition) is 1. The molecule has 0 unspecified atom stereocenters. The normalized spacial score (nSPS) is 17.9. The zero-order valence-corrected chi connectivity index (χ0v) is 7.85. The van der Waals surface area contributed by atoms with Gasteiger partial charge < -0.3 is 5.32 Å². The van der Waals surface area contributed by atoms with E-state index >= 15 is 0 Å². The Morgan fingerprint density at radius 3 is 2.90 bits per heavy atom. The van der Waals surface area contributed by atoms with Crippen LogP contribution in [0.3, 0.4) is 0 Å². The first-order chi connectivity index (χ1) is 4.79. The topological polar surface area (TPSA) is 29.1 Å². The Balaban J connectivity index is 2.38. The zero-order chi connectivity index (χ0) is 7.40. The van der Waals surface area contributed by atoms with Gasteiger partial charge in [0.2, 0.25) is 0 Å². The van der Waals surface area contributed by atoms with Gasteiger partial charge in [0.15, 0.2) is 0 Å². The minimum Gasteiger partial charge on any atom is -0.322 e. The number of amides is 1. The van der Waals surface area contributed by atoms with E-state index in [9.17, 15) is 4.79 Å². The van der Waals surface area contributed by atoms with Crippen LogP contribution in [0.1, 0.15) is 25.7 Å². The highest BCUT2D eigenvalue weighted by Crippen LogP contribution is 2.15. The van der Waals surface area contributed by atoms with Gasteiger partial charge in [-0.1, -0.05) is 6.08 Å². The molecule has 2 nitrogen and oxygen atoms in total. The molecular weight excluding hydrogens is 241 g/mol. The van der Waals surface area contributed by atoms with Gasteiger partial charge in [-0.3, -0.25) is 4.79 Å². The first kappa shape index (κ1) is 8.04. The predicted molar refractivity (Wildman–Crippen MR) is 49.1 cm³/mol. The lowest BCUT2D eigenvalue weighted by atomic mass is 10.1. The summed E-state index contributed by atoms with van der Waals surface area (Å²) in [4.78, 5) is 10.5. The summed E-state index contributed by atoms with van der Waals surface area (Å²) in [5, 5.41) is 2.79. The van der Waals surface area contributed by atoms with Crippen LogP contribution in [0.15, 0.2) is 11.8 Å². The van der Waals surface area contributed by atoms with E-state index in [1.54, 1.807) is 22.6 Å². The highest BCUT2D eigenvalue weighted by atomic mass is 127. The minimum absolute atomic E-state index is 0.0192. The Hall–Kier alpha value is -0.0600. The van der Waals surface area contributed by atoms with Gasteiger partial charge in [0.05, 0.1) is 0 Å². The summed E-state index contributed by atoms with van der Waals surface area (Å²) in [6.07, 6.45) is 6.74. The van der Waals surface area contributed by atoms with Crippen molar-refractivity contribution >= 4 is 26.5 Å². The fourth-order valence-electron chi connectivity index (χ4n) is 1.08. The van der Waals surface area contributed by atoms with E-state index < -0.39 is 0 Å². The van der Waals surface area contributed by atoms with Crippen molar-refractivity contribution in [2.75, 3.05) is 0 Å². The second kappa shape index (κ2) is 3.95. The average molecular weight is 251 g/mol. The summed E-state index contributed by atoms with van der Waals surface area (Å²) < 4.78 is 0.0192. The zero-order valence-electron chi connectivity index (χ0n) is 5.69. The number of hydrogen-bond acceptors (Lipinski definition) is 1. The van der Waals surface area contributed by atoms with Crippen LogP contribution in [0.25, 0.3) is 0 Å². The molecule has 0 spiro atoms. The standard InChI is InChI=1S/C7H10INO/c8-7(10)9-6-4-2-1-3-5-6/h4H,1-3,5H2,(H,9,10). The van der Waals surface area contributed by atoms with Gasteiger partial charge in [-0.15, -0.1) is 0 Å². The monoisotopic (exact) mass is 251 g/mol. The fourth-order valence-corrected chi connectivity index (χ4v) is 1.42. The predicted octanol–water partition coefficient (Wildman–Crippen LogP) is 2.59. The third-order valence-corrected chi connectivity index (χ3v) is 1.82. The van der Waals surface area contributed by atoms with Crippen molar-refractivity contribution < 1.29 is 4.79 Å². The van der Waals surface area contributed by atoms with E-state index in [-0.39, 0.29) is 3.91 Å². The van der Waals surface area contributed by atoms with Gasteiger partial charge in [0.1, 0.15) is 0 Å². The lowest BCUT2D eigenvalue weighted by Crippen LogP contribution is -2.16. The molecule has 0 fully saturated rings. The van der Waals surface area contributed by atoms with Gasteiger partial charge >= 0.3 is 0 Å². The molecule has 3 heteroatoms. The molecule has 0 saturated carbocycles. The number of nitrogens with one attached hydrogen (secondary N) is 1. The lowest BCUT2D eigenvalue weighted by Gasteiger charge is -2.11. The number of carbonyl (C=O) groups is 1. The van der Waals surface area contributed by atoms with Crippen LogP contribution in [0, 0.1) is 0 Å². The molecule has 0 radical (unpaired) electrons. The van der Waals surface area contributed by atoms with E-state index in [1.165, 1.54) is 12.8 Å². The van der Waals surface area contributed by atoms with Crippen molar-refractivity contribution in [3.63, 3.8) is 0 Å². The number of rotatable bonds is 1. The quantitative estimate of drug-likeness (QED) is 0.433. The highest BCUT2D eigenvalue weighted by molar-refractivity contribution is 14.1. The number of allylic oxidation sites excluding steroid dienone is 2. The first-order valence-corrected chi connectivity index (χ1v) is 4.52. The molecule has 56 valence electrons. The Morgan fingerprint density at radius 2 is 2.40 bits per heavy atom. The molecule has 0 saturated heterocycles. The molecule has 0 bridgehead atoms. The summed E-state index contributed by atoms with van der Waals surface area (Å²) in [5.41, 5.74) is 1.10. The van der Waals surface area contributed by atoms with Crippen molar-refractivity contribution in [2.45, 2.75) is 25.7 Å². The smallest absolute Gasteiger partial charge is 0.284 e. The minimum atomic E-state index is 0.0192. The van der Waals surface area contributed by atoms with Crippen LogP contribution in [-0.4, -0.2) is 3.91 Å². The molecule has 0 heterocycles. The third kappa shape index (κ3) is 2.68. The molecule has 0 aromatic carbocycles. The molecule has 0 aromatic rings. The van der Waals surface area contributed by atoms with Crippen molar-refractivity contribution in [1.82, 2.24) is 5.32 Å². The summed E-state index contributed by atoms with van der Waals surface area (Å²) >= 11 is 1.75. The SMILES string of the molecule is O=C(I)NC1=CCCCC1. The lowest BCUT2D eigenvalue weighted by molar-refractivity contribution is 0.264. The number of carbonyl (C=O) groups excluding carboxylic acids is 1. The van der Waals surface area contributed by atoms with Gasteiger partial charge in [0, 0.05) is 28.3 Å². The first-order valence-electron chi connectivity index (χ1n) is 3.44. The summed E-state index contributed by atoms with van der Waals surface area (Å²) in [6, 6.07) is 0. The van der Waals surface area contributed by atoms with Crippen LogP contribution in [-0.2, 0) is 0 Å². The van der Waals surface area contributed by atoms with Gasteiger partial charge in [-0.25, -0.2) is 0 Å². The van der Waals surface area contributed by atoms with Crippen molar-refractivity contribution in [1.29, 1.82) is 0 Å². The maximum absolute atomic E-state index is 10.5. The van der Waals surface area contributed by atoms with Crippen LogP contribution in [0.5, 0.6) is 0 Å². The highest BCUT2D eigenvalue weighted by Gasteiger charge is 2.03. The molecule has 1 N–H and O–H groups in total. The Kier molecular flexibility index (Phi) is 3.18. The third-order valence-electron chi connectivity index (χ3n) is 1.55. The molecule has 1 aliphatic rings. The number of halogens is 1. The summed E-state index contributed by atoms with van der Waals surface area (Å²) in [6.45, 7) is 0. The van der Waals surface area contributed by atoms with E-state index in [1.807, 2.05) is 0 Å². The molecule has 10 heavy (non-hydrogen) atoms. The van der Waals surface area contributed by atoms with E-state index in [0.717, 1.165) is 18.5 Å². The van der Waals surface area contributed by atoms with E-state index in [0.29, 0.717) is 0 Å². The van der Waals surface area contributed by atoms with Crippen molar-refractivity contribution in [3.05, 3.63) is 11.8 Å². The Morgan fingerprint density at radius 1 is 1.60 bits per heavy atom. The average Bonchev–Trinajstić information content (AvgIpc) is 1.88. The molecule has 0 aromatic heterocycles. The summed E-state index contributed by atoms with van der Waals surface area (Å²) in [7, 11) is 0. The van der Waals surface area contributed by atoms with Gasteiger partial charge in [-0.05, 0) is 25.7 Å². The fraction of sp³-hybridized carbons (Fsp3) is 0.571. The van der Waals surface area contributed by atoms with E-state index in [2.05, 4.69) is 11.4 Å². The van der Waals surface area contributed by atoms with Crippen LogP contribution in [0.4, 0.5) is 4.79 Å². The van der Waals surface area contributed by atoms with Gasteiger partial charge in [-0.2, -0.15) is 0 Å². The molecule has 0 aliphatic heterocycles. The second-order valence-electron chi connectivity index (χ2n) is 2.37. The molecular formula is C7H10INO. The maximum atomic E-state index is 10.5. The molecule has 1 amide bonds. The van der Waals surface area contributed by atoms with Gasteiger partial charge in [0.25, 0.3) is 3.91 Å². The van der Waals surface area contributed by atoms with E-state index in [4.69, 9.17) is 0 Å². The van der Waals surface area contributed by atoms with Crippen LogP contribution in [0.2, 0.25) is 0 Å². The molecule has 0 atom stereocenters. The van der Waals surface area contributed by atoms with Crippen molar-refractivity contribution in [2.24, 2.45) is 0 Å². The largest absolute Gasteiger partial charge is 0.322 e. The molecule has 1 rings (SSSR count). The van der Waals surface area contributed by atoms with Crippen LogP contribution >= 0.6 is 22.6 Å². The Bertz CT molecular complexity index is 165. The van der Waals surface area contributed by atoms with Crippen molar-refractivity contribution in [3.8, 4) is 0 Å². The second-order valence-corrected chi connectivity index (χ2v) is 3.35. The molecule has 1 aliphatic carbocycles. The van der Waals surface area contributed by atoms with Crippen LogP contribution < -0.4 is 5.32 Å².